The van der Waals surface area contributed by atoms with Crippen molar-refractivity contribution in [1.82, 2.24) is 4.90 Å². The maximum atomic E-state index is 12.0. The van der Waals surface area contributed by atoms with Crippen LogP contribution in [-0.2, 0) is 9.53 Å². The third-order valence-electron chi connectivity index (χ3n) is 3.23. The fourth-order valence-electron chi connectivity index (χ4n) is 2.38. The van der Waals surface area contributed by atoms with E-state index in [0.717, 1.165) is 12.8 Å². The Morgan fingerprint density at radius 3 is 2.62 bits per heavy atom. The topological polar surface area (TPSA) is 55.6 Å². The van der Waals surface area contributed by atoms with Gasteiger partial charge in [0.25, 0.3) is 0 Å². The number of nitrogens with zero attached hydrogens (tertiary/aromatic N) is 1. The average molecular weight is 228 g/mol. The van der Waals surface area contributed by atoms with E-state index in [-0.39, 0.29) is 5.91 Å². The van der Waals surface area contributed by atoms with E-state index in [2.05, 4.69) is 0 Å². The van der Waals surface area contributed by atoms with Crippen molar-refractivity contribution in [3.05, 3.63) is 0 Å². The zero-order valence-corrected chi connectivity index (χ0v) is 10.3. The summed E-state index contributed by atoms with van der Waals surface area (Å²) < 4.78 is 4.95. The summed E-state index contributed by atoms with van der Waals surface area (Å²) in [4.78, 5) is 14.0. The number of carbonyl (C=O) groups is 1. The minimum atomic E-state index is 0.194. The van der Waals surface area contributed by atoms with E-state index in [0.29, 0.717) is 32.2 Å². The first kappa shape index (κ1) is 13.5. The summed E-state index contributed by atoms with van der Waals surface area (Å²) in [6.07, 6.45) is 6.54. The summed E-state index contributed by atoms with van der Waals surface area (Å²) in [5, 5.41) is 0. The lowest BCUT2D eigenvalue weighted by molar-refractivity contribution is -0.135. The molecule has 0 aromatic rings. The summed E-state index contributed by atoms with van der Waals surface area (Å²) in [5.74, 6) is 0.194. The van der Waals surface area contributed by atoms with Crippen LogP contribution in [0.25, 0.3) is 0 Å². The van der Waals surface area contributed by atoms with E-state index in [4.69, 9.17) is 10.5 Å². The highest BCUT2D eigenvalue weighted by Crippen LogP contribution is 2.22. The van der Waals surface area contributed by atoms with E-state index in [1.165, 1.54) is 19.3 Å². The highest BCUT2D eigenvalue weighted by atomic mass is 16.5. The van der Waals surface area contributed by atoms with Crippen LogP contribution in [0.1, 0.15) is 38.5 Å². The molecule has 1 fully saturated rings. The predicted molar refractivity (Wildman–Crippen MR) is 64.1 cm³/mol. The van der Waals surface area contributed by atoms with Crippen molar-refractivity contribution in [2.24, 2.45) is 5.73 Å². The van der Waals surface area contributed by atoms with Gasteiger partial charge in [-0.2, -0.15) is 0 Å². The summed E-state index contributed by atoms with van der Waals surface area (Å²) in [5.41, 5.74) is 5.58. The smallest absolute Gasteiger partial charge is 0.225 e. The second-order valence-electron chi connectivity index (χ2n) is 4.41. The predicted octanol–water partition coefficient (Wildman–Crippen LogP) is 1.14. The molecule has 0 aromatic heterocycles. The number of ether oxygens (including phenoxy) is 1. The molecule has 0 aromatic carbocycles. The molecular formula is C12H24N2O2. The van der Waals surface area contributed by atoms with Crippen LogP contribution >= 0.6 is 0 Å². The number of hydrogen-bond donors (Lipinski definition) is 1. The van der Waals surface area contributed by atoms with E-state index < -0.39 is 0 Å². The van der Waals surface area contributed by atoms with Crippen LogP contribution in [0, 0.1) is 0 Å². The molecule has 4 nitrogen and oxygen atoms in total. The normalized spacial score (nSPS) is 17.4. The average Bonchev–Trinajstić information content (AvgIpc) is 2.34. The van der Waals surface area contributed by atoms with Gasteiger partial charge in [0, 0.05) is 26.2 Å². The molecule has 1 saturated carbocycles. The molecular weight excluding hydrogens is 204 g/mol. The van der Waals surface area contributed by atoms with Crippen LogP contribution in [0.5, 0.6) is 0 Å². The van der Waals surface area contributed by atoms with E-state index in [9.17, 15) is 4.79 Å². The number of nitrogens with two attached hydrogens (primary N) is 1. The molecule has 0 spiro atoms. The number of carbonyl (C=O) groups excluding carboxylic acids is 1. The fourth-order valence-corrected chi connectivity index (χ4v) is 2.38. The van der Waals surface area contributed by atoms with Crippen LogP contribution in [0.2, 0.25) is 0 Å². The van der Waals surface area contributed by atoms with Gasteiger partial charge in [0.2, 0.25) is 5.91 Å². The molecule has 0 heterocycles. The zero-order valence-electron chi connectivity index (χ0n) is 10.3. The molecule has 1 aliphatic carbocycles. The first-order valence-electron chi connectivity index (χ1n) is 6.28. The maximum Gasteiger partial charge on any atom is 0.225 e. The van der Waals surface area contributed by atoms with Gasteiger partial charge in [-0.25, -0.2) is 0 Å². The van der Waals surface area contributed by atoms with Crippen LogP contribution in [0.3, 0.4) is 0 Å². The summed E-state index contributed by atoms with van der Waals surface area (Å²) in [6, 6.07) is 0.418. The zero-order chi connectivity index (χ0) is 11.8. The van der Waals surface area contributed by atoms with Crippen molar-refractivity contribution in [3.8, 4) is 0 Å². The number of methoxy groups -OCH3 is 1. The quantitative estimate of drug-likeness (QED) is 0.742. The van der Waals surface area contributed by atoms with Gasteiger partial charge in [-0.15, -0.1) is 0 Å². The van der Waals surface area contributed by atoms with Gasteiger partial charge in [0.1, 0.15) is 0 Å². The Hall–Kier alpha value is -0.610. The third kappa shape index (κ3) is 4.10. The Labute approximate surface area is 98.1 Å². The Kier molecular flexibility index (Phi) is 6.42. The summed E-state index contributed by atoms with van der Waals surface area (Å²) in [6.45, 7) is 1.75. The minimum absolute atomic E-state index is 0.194. The van der Waals surface area contributed by atoms with Crippen molar-refractivity contribution in [3.63, 3.8) is 0 Å². The lowest BCUT2D eigenvalue weighted by Gasteiger charge is -2.34. The Balaban J connectivity index is 2.47. The van der Waals surface area contributed by atoms with Crippen molar-refractivity contribution in [2.45, 2.75) is 44.6 Å². The lowest BCUT2D eigenvalue weighted by atomic mass is 9.94. The Morgan fingerprint density at radius 1 is 1.38 bits per heavy atom. The lowest BCUT2D eigenvalue weighted by Crippen LogP contribution is -2.44. The van der Waals surface area contributed by atoms with Gasteiger partial charge in [0.05, 0.1) is 13.0 Å². The van der Waals surface area contributed by atoms with Gasteiger partial charge >= 0.3 is 0 Å². The van der Waals surface area contributed by atoms with Crippen LogP contribution in [0.15, 0.2) is 0 Å². The molecule has 0 radical (unpaired) electrons. The molecule has 0 aliphatic heterocycles. The van der Waals surface area contributed by atoms with Crippen molar-refractivity contribution in [2.75, 3.05) is 26.8 Å². The van der Waals surface area contributed by atoms with Crippen molar-refractivity contribution >= 4 is 5.91 Å². The molecule has 4 heteroatoms. The largest absolute Gasteiger partial charge is 0.384 e. The molecule has 1 rings (SSSR count). The second kappa shape index (κ2) is 7.63. The van der Waals surface area contributed by atoms with E-state index in [1.807, 2.05) is 4.90 Å². The molecule has 0 bridgehead atoms. The van der Waals surface area contributed by atoms with Gasteiger partial charge < -0.3 is 15.4 Å². The molecule has 2 N–H and O–H groups in total. The van der Waals surface area contributed by atoms with Crippen LogP contribution in [0.4, 0.5) is 0 Å². The number of rotatable bonds is 6. The maximum absolute atomic E-state index is 12.0. The second-order valence-corrected chi connectivity index (χ2v) is 4.41. The van der Waals surface area contributed by atoms with Crippen molar-refractivity contribution < 1.29 is 9.53 Å². The Bertz CT molecular complexity index is 203. The first-order valence-corrected chi connectivity index (χ1v) is 6.28. The molecule has 0 atom stereocenters. The SMILES string of the molecule is COCCC(=O)N(CCN)C1CCCCC1. The monoisotopic (exact) mass is 228 g/mol. The number of hydrogen-bond acceptors (Lipinski definition) is 3. The molecule has 1 amide bonds. The number of amides is 1. The van der Waals surface area contributed by atoms with E-state index >= 15 is 0 Å². The molecule has 0 unspecified atom stereocenters. The van der Waals surface area contributed by atoms with Gasteiger partial charge in [0.15, 0.2) is 0 Å². The van der Waals surface area contributed by atoms with Crippen LogP contribution < -0.4 is 5.73 Å². The van der Waals surface area contributed by atoms with Crippen molar-refractivity contribution in [1.29, 1.82) is 0 Å². The Morgan fingerprint density at radius 2 is 2.06 bits per heavy atom. The van der Waals surface area contributed by atoms with Gasteiger partial charge in [-0.05, 0) is 12.8 Å². The molecule has 94 valence electrons. The van der Waals surface area contributed by atoms with Crippen LogP contribution in [-0.4, -0.2) is 43.7 Å². The fraction of sp³-hybridized carbons (Fsp3) is 0.917. The standard InChI is InChI=1S/C12H24N2O2/c1-16-10-7-12(15)14(9-8-13)11-5-3-2-4-6-11/h11H,2-10,13H2,1H3. The highest BCUT2D eigenvalue weighted by molar-refractivity contribution is 5.76. The molecule has 1 aliphatic rings. The van der Waals surface area contributed by atoms with Gasteiger partial charge in [-0.1, -0.05) is 19.3 Å². The molecule has 16 heavy (non-hydrogen) atoms. The van der Waals surface area contributed by atoms with Gasteiger partial charge in [-0.3, -0.25) is 4.79 Å². The first-order chi connectivity index (χ1) is 7.79. The molecule has 0 saturated heterocycles. The highest BCUT2D eigenvalue weighted by Gasteiger charge is 2.24. The third-order valence-corrected chi connectivity index (χ3v) is 3.23. The summed E-state index contributed by atoms with van der Waals surface area (Å²) in [7, 11) is 1.63. The van der Waals surface area contributed by atoms with E-state index in [1.54, 1.807) is 7.11 Å². The summed E-state index contributed by atoms with van der Waals surface area (Å²) >= 11 is 0. The minimum Gasteiger partial charge on any atom is -0.384 e.